The lowest BCUT2D eigenvalue weighted by Crippen LogP contribution is -2.17. The Morgan fingerprint density at radius 1 is 1.11 bits per heavy atom. The summed E-state index contributed by atoms with van der Waals surface area (Å²) >= 11 is 0. The fraction of sp³-hybridized carbons (Fsp3) is 0.812. The van der Waals surface area contributed by atoms with Crippen LogP contribution < -0.4 is 0 Å². The zero-order chi connectivity index (χ0) is 14.3. The normalized spacial score (nSPS) is 12.1. The molecule has 3 nitrogen and oxygen atoms in total. The van der Waals surface area contributed by atoms with Gasteiger partial charge in [0.1, 0.15) is 6.61 Å². The van der Waals surface area contributed by atoms with E-state index in [1.165, 1.54) is 44.9 Å². The van der Waals surface area contributed by atoms with Crippen LogP contribution in [0.5, 0.6) is 0 Å². The van der Waals surface area contributed by atoms with E-state index in [0.717, 1.165) is 18.9 Å². The van der Waals surface area contributed by atoms with Crippen LogP contribution >= 0.6 is 0 Å². The van der Waals surface area contributed by atoms with Crippen molar-refractivity contribution in [1.29, 1.82) is 0 Å². The van der Waals surface area contributed by atoms with Crippen molar-refractivity contribution < 1.29 is 14.6 Å². The molecule has 1 atom stereocenters. The maximum Gasteiger partial charge on any atom is 0.330 e. The number of unbranched alkanes of at least 4 members (excludes halogenated alkanes) is 8. The summed E-state index contributed by atoms with van der Waals surface area (Å²) in [5, 5.41) is 9.58. The number of aliphatic hydroxyl groups excluding tert-OH is 1. The molecule has 0 radical (unpaired) electrons. The van der Waals surface area contributed by atoms with E-state index in [9.17, 15) is 9.90 Å². The maximum atomic E-state index is 10.8. The van der Waals surface area contributed by atoms with Crippen LogP contribution in [0, 0.1) is 0 Å². The van der Waals surface area contributed by atoms with Gasteiger partial charge in [0, 0.05) is 6.08 Å². The van der Waals surface area contributed by atoms with Crippen molar-refractivity contribution in [2.75, 3.05) is 6.61 Å². The van der Waals surface area contributed by atoms with Gasteiger partial charge in [-0.1, -0.05) is 71.3 Å². The minimum Gasteiger partial charge on any atom is -0.460 e. The van der Waals surface area contributed by atoms with Gasteiger partial charge in [-0.15, -0.1) is 0 Å². The predicted molar refractivity (Wildman–Crippen MR) is 79.0 cm³/mol. The first-order valence-corrected chi connectivity index (χ1v) is 7.68. The van der Waals surface area contributed by atoms with Crippen LogP contribution in [0.2, 0.25) is 0 Å². The quantitative estimate of drug-likeness (QED) is 0.312. The lowest BCUT2D eigenvalue weighted by atomic mass is 10.1. The first-order chi connectivity index (χ1) is 9.20. The Kier molecular flexibility index (Phi) is 13.0. The van der Waals surface area contributed by atoms with E-state index in [1.807, 2.05) is 0 Å². The van der Waals surface area contributed by atoms with Crippen molar-refractivity contribution in [3.8, 4) is 0 Å². The van der Waals surface area contributed by atoms with Crippen LogP contribution in [-0.2, 0) is 9.53 Å². The largest absolute Gasteiger partial charge is 0.460 e. The fourth-order valence-electron chi connectivity index (χ4n) is 2.01. The average molecular weight is 270 g/mol. The molecule has 1 unspecified atom stereocenters. The van der Waals surface area contributed by atoms with Gasteiger partial charge in [0.05, 0.1) is 6.10 Å². The van der Waals surface area contributed by atoms with E-state index < -0.39 is 12.1 Å². The van der Waals surface area contributed by atoms with Crippen LogP contribution in [-0.4, -0.2) is 23.8 Å². The van der Waals surface area contributed by atoms with Crippen molar-refractivity contribution in [2.45, 2.75) is 77.2 Å². The van der Waals surface area contributed by atoms with Gasteiger partial charge in [0.25, 0.3) is 0 Å². The summed E-state index contributed by atoms with van der Waals surface area (Å²) in [7, 11) is 0. The smallest absolute Gasteiger partial charge is 0.330 e. The summed E-state index contributed by atoms with van der Waals surface area (Å²) in [5.41, 5.74) is 0. The molecule has 0 rings (SSSR count). The summed E-state index contributed by atoms with van der Waals surface area (Å²) in [4.78, 5) is 10.8. The SMILES string of the molecule is C=CC(=O)OCC(O)CCCCCCCCCCC. The van der Waals surface area contributed by atoms with Crippen LogP contribution in [0.25, 0.3) is 0 Å². The molecule has 0 amide bonds. The van der Waals surface area contributed by atoms with Gasteiger partial charge in [0.2, 0.25) is 0 Å². The van der Waals surface area contributed by atoms with Gasteiger partial charge in [-0.05, 0) is 6.42 Å². The maximum absolute atomic E-state index is 10.8. The Morgan fingerprint density at radius 3 is 2.16 bits per heavy atom. The van der Waals surface area contributed by atoms with Crippen LogP contribution in [0.15, 0.2) is 12.7 Å². The molecular formula is C16H30O3. The first kappa shape index (κ1) is 18.2. The highest BCUT2D eigenvalue weighted by atomic mass is 16.5. The van der Waals surface area contributed by atoms with Gasteiger partial charge >= 0.3 is 5.97 Å². The lowest BCUT2D eigenvalue weighted by molar-refractivity contribution is -0.140. The third-order valence-corrected chi connectivity index (χ3v) is 3.23. The fourth-order valence-corrected chi connectivity index (χ4v) is 2.01. The summed E-state index contributed by atoms with van der Waals surface area (Å²) in [6, 6.07) is 0. The second-order valence-electron chi connectivity index (χ2n) is 5.11. The van der Waals surface area contributed by atoms with E-state index in [2.05, 4.69) is 13.5 Å². The zero-order valence-corrected chi connectivity index (χ0v) is 12.4. The van der Waals surface area contributed by atoms with Crippen molar-refractivity contribution in [1.82, 2.24) is 0 Å². The first-order valence-electron chi connectivity index (χ1n) is 7.68. The van der Waals surface area contributed by atoms with Crippen LogP contribution in [0.1, 0.15) is 71.1 Å². The van der Waals surface area contributed by atoms with Crippen molar-refractivity contribution >= 4 is 5.97 Å². The number of esters is 1. The highest BCUT2D eigenvalue weighted by Crippen LogP contribution is 2.11. The second kappa shape index (κ2) is 13.6. The number of aliphatic hydroxyl groups is 1. The monoisotopic (exact) mass is 270 g/mol. The Labute approximate surface area is 118 Å². The summed E-state index contributed by atoms with van der Waals surface area (Å²) in [5.74, 6) is -0.467. The number of ether oxygens (including phenoxy) is 1. The minimum atomic E-state index is -0.534. The highest BCUT2D eigenvalue weighted by molar-refractivity contribution is 5.81. The molecule has 0 aliphatic rings. The number of rotatable bonds is 13. The summed E-state index contributed by atoms with van der Waals surface area (Å²) < 4.78 is 4.78. The van der Waals surface area contributed by atoms with Gasteiger partial charge in [0.15, 0.2) is 0 Å². The average Bonchev–Trinajstić information content (AvgIpc) is 2.42. The third kappa shape index (κ3) is 13.4. The molecule has 0 aliphatic heterocycles. The molecule has 0 saturated heterocycles. The van der Waals surface area contributed by atoms with Gasteiger partial charge in [-0.25, -0.2) is 4.79 Å². The molecule has 0 spiro atoms. The van der Waals surface area contributed by atoms with Crippen molar-refractivity contribution in [3.05, 3.63) is 12.7 Å². The van der Waals surface area contributed by atoms with Gasteiger partial charge in [-0.3, -0.25) is 0 Å². The highest BCUT2D eigenvalue weighted by Gasteiger charge is 2.06. The number of carbonyl (C=O) groups is 1. The molecule has 0 heterocycles. The molecule has 0 saturated carbocycles. The van der Waals surface area contributed by atoms with E-state index in [-0.39, 0.29) is 6.61 Å². The molecule has 19 heavy (non-hydrogen) atoms. The van der Waals surface area contributed by atoms with E-state index in [0.29, 0.717) is 6.42 Å². The molecule has 0 aromatic rings. The van der Waals surface area contributed by atoms with Gasteiger partial charge in [-0.2, -0.15) is 0 Å². The Hall–Kier alpha value is -0.830. The van der Waals surface area contributed by atoms with E-state index >= 15 is 0 Å². The molecule has 0 aromatic carbocycles. The van der Waals surface area contributed by atoms with E-state index in [1.54, 1.807) is 0 Å². The predicted octanol–water partition coefficient (Wildman–Crippen LogP) is 4.00. The third-order valence-electron chi connectivity index (χ3n) is 3.23. The Balaban J connectivity index is 3.20. The Morgan fingerprint density at radius 2 is 1.63 bits per heavy atom. The number of hydrogen-bond donors (Lipinski definition) is 1. The molecule has 0 fully saturated rings. The molecule has 0 bridgehead atoms. The molecule has 1 N–H and O–H groups in total. The molecule has 112 valence electrons. The molecular weight excluding hydrogens is 240 g/mol. The second-order valence-corrected chi connectivity index (χ2v) is 5.11. The number of carbonyl (C=O) groups excluding carboxylic acids is 1. The zero-order valence-electron chi connectivity index (χ0n) is 12.4. The molecule has 0 aromatic heterocycles. The Bertz CT molecular complexity index is 226. The standard InChI is InChI=1S/C16H30O3/c1-3-5-6-7-8-9-10-11-12-13-15(17)14-19-16(18)4-2/h4,15,17H,2-3,5-14H2,1H3. The lowest BCUT2D eigenvalue weighted by Gasteiger charge is -2.10. The van der Waals surface area contributed by atoms with Crippen molar-refractivity contribution in [2.24, 2.45) is 0 Å². The van der Waals surface area contributed by atoms with Crippen LogP contribution in [0.4, 0.5) is 0 Å². The van der Waals surface area contributed by atoms with Crippen LogP contribution in [0.3, 0.4) is 0 Å². The molecule has 3 heteroatoms. The topological polar surface area (TPSA) is 46.5 Å². The molecule has 0 aliphatic carbocycles. The number of hydrogen-bond acceptors (Lipinski definition) is 3. The van der Waals surface area contributed by atoms with Gasteiger partial charge < -0.3 is 9.84 Å². The van der Waals surface area contributed by atoms with E-state index in [4.69, 9.17) is 4.74 Å². The summed E-state index contributed by atoms with van der Waals surface area (Å²) in [6.07, 6.45) is 12.7. The minimum absolute atomic E-state index is 0.0852. The van der Waals surface area contributed by atoms with Crippen molar-refractivity contribution in [3.63, 3.8) is 0 Å². The summed E-state index contributed by atoms with van der Waals surface area (Å²) in [6.45, 7) is 5.62.